The van der Waals surface area contributed by atoms with Crippen molar-refractivity contribution in [1.82, 2.24) is 4.90 Å². The lowest BCUT2D eigenvalue weighted by atomic mass is 9.97. The van der Waals surface area contributed by atoms with Gasteiger partial charge in [0.25, 0.3) is 0 Å². The van der Waals surface area contributed by atoms with Gasteiger partial charge in [-0.3, -0.25) is 4.79 Å². The Morgan fingerprint density at radius 3 is 2.10 bits per heavy atom. The van der Waals surface area contributed by atoms with Gasteiger partial charge in [-0.25, -0.2) is 0 Å². The number of carbonyl (C=O) groups excluding carboxylic acids is 1. The van der Waals surface area contributed by atoms with Gasteiger partial charge in [0, 0.05) is 25.2 Å². The molecule has 0 bridgehead atoms. The van der Waals surface area contributed by atoms with E-state index in [0.29, 0.717) is 6.42 Å². The van der Waals surface area contributed by atoms with Gasteiger partial charge in [0.05, 0.1) is 0 Å². The second-order valence-electron chi connectivity index (χ2n) is 5.86. The summed E-state index contributed by atoms with van der Waals surface area (Å²) in [7, 11) is 0. The van der Waals surface area contributed by atoms with E-state index >= 15 is 0 Å². The van der Waals surface area contributed by atoms with Crippen molar-refractivity contribution in [3.05, 3.63) is 29.8 Å². The zero-order valence-electron chi connectivity index (χ0n) is 13.8. The van der Waals surface area contributed by atoms with Crippen molar-refractivity contribution < 1.29 is 4.79 Å². The Morgan fingerprint density at radius 1 is 1.10 bits per heavy atom. The Labute approximate surface area is 129 Å². The van der Waals surface area contributed by atoms with Gasteiger partial charge in [0.2, 0.25) is 5.91 Å². The van der Waals surface area contributed by atoms with Crippen molar-refractivity contribution in [2.45, 2.75) is 58.8 Å². The molecule has 0 fully saturated rings. The number of nitrogen functional groups attached to an aromatic ring is 1. The average Bonchev–Trinajstić information content (AvgIpc) is 2.47. The first-order valence-electron chi connectivity index (χ1n) is 8.21. The van der Waals surface area contributed by atoms with Crippen LogP contribution in [0.5, 0.6) is 0 Å². The third kappa shape index (κ3) is 6.19. The molecule has 0 radical (unpaired) electrons. The molecule has 1 rings (SSSR count). The number of rotatable bonds is 9. The molecule has 0 aromatic heterocycles. The topological polar surface area (TPSA) is 46.3 Å². The van der Waals surface area contributed by atoms with E-state index in [0.717, 1.165) is 44.5 Å². The molecule has 0 spiro atoms. The highest BCUT2D eigenvalue weighted by atomic mass is 16.2. The number of amides is 1. The molecule has 3 heteroatoms. The van der Waals surface area contributed by atoms with E-state index in [2.05, 4.69) is 20.8 Å². The van der Waals surface area contributed by atoms with E-state index in [1.165, 1.54) is 5.56 Å². The van der Waals surface area contributed by atoms with Crippen molar-refractivity contribution in [2.75, 3.05) is 18.8 Å². The van der Waals surface area contributed by atoms with E-state index in [9.17, 15) is 4.79 Å². The van der Waals surface area contributed by atoms with Gasteiger partial charge in [-0.15, -0.1) is 0 Å². The molecule has 1 amide bonds. The normalized spacial score (nSPS) is 12.1. The molecule has 1 aromatic rings. The largest absolute Gasteiger partial charge is 0.399 e. The monoisotopic (exact) mass is 290 g/mol. The van der Waals surface area contributed by atoms with Crippen LogP contribution in [0.2, 0.25) is 0 Å². The Kier molecular flexibility index (Phi) is 7.88. The summed E-state index contributed by atoms with van der Waals surface area (Å²) in [6.45, 7) is 8.23. The van der Waals surface area contributed by atoms with Crippen LogP contribution in [-0.4, -0.2) is 23.9 Å². The zero-order valence-corrected chi connectivity index (χ0v) is 13.8. The highest BCUT2D eigenvalue weighted by molar-refractivity contribution is 5.77. The van der Waals surface area contributed by atoms with E-state index in [4.69, 9.17) is 5.73 Å². The third-order valence-corrected chi connectivity index (χ3v) is 3.90. The Morgan fingerprint density at radius 2 is 1.62 bits per heavy atom. The SMILES string of the molecule is CCCCN(CCCC)C(=O)CC(C)c1ccc(N)cc1. The number of anilines is 1. The fourth-order valence-corrected chi connectivity index (χ4v) is 2.39. The Hall–Kier alpha value is -1.51. The lowest BCUT2D eigenvalue weighted by Crippen LogP contribution is -2.33. The molecule has 118 valence electrons. The highest BCUT2D eigenvalue weighted by Gasteiger charge is 2.17. The van der Waals surface area contributed by atoms with Crippen LogP contribution in [0.25, 0.3) is 0 Å². The minimum atomic E-state index is 0.240. The van der Waals surface area contributed by atoms with Crippen molar-refractivity contribution in [1.29, 1.82) is 0 Å². The Bertz CT molecular complexity index is 406. The molecule has 1 aromatic carbocycles. The first-order chi connectivity index (χ1) is 10.1. The van der Waals surface area contributed by atoms with Crippen molar-refractivity contribution in [2.24, 2.45) is 0 Å². The number of benzene rings is 1. The van der Waals surface area contributed by atoms with Gasteiger partial charge in [0.1, 0.15) is 0 Å². The number of hydrogen-bond acceptors (Lipinski definition) is 2. The fourth-order valence-electron chi connectivity index (χ4n) is 2.39. The van der Waals surface area contributed by atoms with Crippen LogP contribution in [0, 0.1) is 0 Å². The van der Waals surface area contributed by atoms with Crippen LogP contribution in [-0.2, 0) is 4.79 Å². The number of nitrogens with zero attached hydrogens (tertiary/aromatic N) is 1. The van der Waals surface area contributed by atoms with E-state index < -0.39 is 0 Å². The van der Waals surface area contributed by atoms with Crippen LogP contribution in [0.3, 0.4) is 0 Å². The predicted molar refractivity (Wildman–Crippen MR) is 90.3 cm³/mol. The van der Waals surface area contributed by atoms with E-state index in [1.807, 2.05) is 29.2 Å². The van der Waals surface area contributed by atoms with Crippen LogP contribution in [0.1, 0.15) is 64.4 Å². The summed E-state index contributed by atoms with van der Waals surface area (Å²) in [5, 5.41) is 0. The molecule has 0 aliphatic carbocycles. The zero-order chi connectivity index (χ0) is 15.7. The molecule has 0 saturated carbocycles. The molecule has 2 N–H and O–H groups in total. The second-order valence-corrected chi connectivity index (χ2v) is 5.86. The average molecular weight is 290 g/mol. The third-order valence-electron chi connectivity index (χ3n) is 3.90. The van der Waals surface area contributed by atoms with E-state index in [-0.39, 0.29) is 11.8 Å². The van der Waals surface area contributed by atoms with Gasteiger partial charge in [0.15, 0.2) is 0 Å². The van der Waals surface area contributed by atoms with Crippen LogP contribution in [0.15, 0.2) is 24.3 Å². The number of hydrogen-bond donors (Lipinski definition) is 1. The minimum absolute atomic E-state index is 0.240. The van der Waals surface area contributed by atoms with Gasteiger partial charge in [-0.2, -0.15) is 0 Å². The summed E-state index contributed by atoms with van der Waals surface area (Å²) in [4.78, 5) is 14.5. The fraction of sp³-hybridized carbons (Fsp3) is 0.611. The summed E-state index contributed by atoms with van der Waals surface area (Å²) in [6, 6.07) is 7.86. The molecule has 1 unspecified atom stereocenters. The van der Waals surface area contributed by atoms with Crippen LogP contribution in [0.4, 0.5) is 5.69 Å². The molecular formula is C18H30N2O. The van der Waals surface area contributed by atoms with Gasteiger partial charge in [-0.05, 0) is 36.5 Å². The maximum Gasteiger partial charge on any atom is 0.223 e. The van der Waals surface area contributed by atoms with Gasteiger partial charge < -0.3 is 10.6 Å². The summed E-state index contributed by atoms with van der Waals surface area (Å²) in [6.07, 6.45) is 5.02. The summed E-state index contributed by atoms with van der Waals surface area (Å²) < 4.78 is 0. The molecule has 0 heterocycles. The minimum Gasteiger partial charge on any atom is -0.399 e. The smallest absolute Gasteiger partial charge is 0.223 e. The molecular weight excluding hydrogens is 260 g/mol. The number of carbonyl (C=O) groups is 1. The van der Waals surface area contributed by atoms with Gasteiger partial charge >= 0.3 is 0 Å². The highest BCUT2D eigenvalue weighted by Crippen LogP contribution is 2.21. The van der Waals surface area contributed by atoms with Crippen LogP contribution >= 0.6 is 0 Å². The van der Waals surface area contributed by atoms with E-state index in [1.54, 1.807) is 0 Å². The maximum atomic E-state index is 12.5. The first kappa shape index (κ1) is 17.5. The number of nitrogens with two attached hydrogens (primary N) is 1. The lowest BCUT2D eigenvalue weighted by Gasteiger charge is -2.24. The standard InChI is InChI=1S/C18H30N2O/c1-4-6-12-20(13-7-5-2)18(21)14-15(3)16-8-10-17(19)11-9-16/h8-11,15H,4-7,12-14,19H2,1-3H3. The molecule has 1 atom stereocenters. The molecule has 0 saturated heterocycles. The maximum absolute atomic E-state index is 12.5. The number of unbranched alkanes of at least 4 members (excludes halogenated alkanes) is 2. The van der Waals surface area contributed by atoms with Crippen LogP contribution < -0.4 is 5.73 Å². The molecule has 3 nitrogen and oxygen atoms in total. The Balaban J connectivity index is 2.59. The summed E-state index contributed by atoms with van der Waals surface area (Å²) in [5.74, 6) is 0.519. The first-order valence-corrected chi connectivity index (χ1v) is 8.21. The van der Waals surface area contributed by atoms with Crippen molar-refractivity contribution in [3.8, 4) is 0 Å². The van der Waals surface area contributed by atoms with Crippen molar-refractivity contribution >= 4 is 11.6 Å². The summed E-state index contributed by atoms with van der Waals surface area (Å²) >= 11 is 0. The van der Waals surface area contributed by atoms with Gasteiger partial charge in [-0.1, -0.05) is 45.7 Å². The molecule has 21 heavy (non-hydrogen) atoms. The second kappa shape index (κ2) is 9.43. The van der Waals surface area contributed by atoms with Crippen molar-refractivity contribution in [3.63, 3.8) is 0 Å². The predicted octanol–water partition coefficient (Wildman–Crippen LogP) is 4.19. The molecule has 0 aliphatic heterocycles. The molecule has 0 aliphatic rings. The lowest BCUT2D eigenvalue weighted by molar-refractivity contribution is -0.131. The quantitative estimate of drug-likeness (QED) is 0.693. The summed E-state index contributed by atoms with van der Waals surface area (Å²) in [5.41, 5.74) is 7.66.